The Hall–Kier alpha value is -1.64. The average Bonchev–Trinajstić information content (AvgIpc) is 2.54. The van der Waals surface area contributed by atoms with Gasteiger partial charge in [0, 0.05) is 32.7 Å². The van der Waals surface area contributed by atoms with Crippen LogP contribution in [0.4, 0.5) is 4.79 Å². The van der Waals surface area contributed by atoms with Crippen LogP contribution in [0.25, 0.3) is 0 Å². The van der Waals surface area contributed by atoms with Crippen molar-refractivity contribution in [2.24, 2.45) is 0 Å². The molecule has 0 aliphatic carbocycles. The van der Waals surface area contributed by atoms with E-state index in [-0.39, 0.29) is 19.6 Å². The van der Waals surface area contributed by atoms with Gasteiger partial charge in [-0.25, -0.2) is 4.79 Å². The molecule has 122 valence electrons. The van der Waals surface area contributed by atoms with Crippen molar-refractivity contribution in [1.29, 1.82) is 0 Å². The molecule has 0 saturated carbocycles. The van der Waals surface area contributed by atoms with E-state index >= 15 is 0 Å². The zero-order valence-electron chi connectivity index (χ0n) is 12.6. The van der Waals surface area contributed by atoms with E-state index < -0.39 is 16.3 Å². The Labute approximate surface area is 131 Å². The number of hydrogen-bond acceptors (Lipinski definition) is 4. The first-order valence-electron chi connectivity index (χ1n) is 7.23. The summed E-state index contributed by atoms with van der Waals surface area (Å²) in [5.41, 5.74) is 0.899. The number of carbonyl (C=O) groups excluding carboxylic acids is 1. The van der Waals surface area contributed by atoms with Gasteiger partial charge in [-0.15, -0.1) is 0 Å². The van der Waals surface area contributed by atoms with Crippen molar-refractivity contribution in [3.8, 4) is 0 Å². The molecule has 7 nitrogen and oxygen atoms in total. The largest absolute Gasteiger partial charge is 0.450 e. The van der Waals surface area contributed by atoms with Gasteiger partial charge < -0.3 is 9.64 Å². The summed E-state index contributed by atoms with van der Waals surface area (Å²) in [6.07, 6.45) is -0.392. The van der Waals surface area contributed by atoms with E-state index in [9.17, 15) is 13.2 Å². The van der Waals surface area contributed by atoms with Gasteiger partial charge >= 0.3 is 6.09 Å². The van der Waals surface area contributed by atoms with Gasteiger partial charge in [-0.2, -0.15) is 17.4 Å². The van der Waals surface area contributed by atoms with E-state index in [0.29, 0.717) is 19.7 Å². The standard InChI is InChI=1S/C14H21N3O4S/c1-2-21-14(18)16-8-10-17(11-9-16)22(19,20)15-12-13-6-4-3-5-7-13/h3-7,15H,2,8-12H2,1H3. The second kappa shape index (κ2) is 7.57. The minimum atomic E-state index is -3.54. The van der Waals surface area contributed by atoms with E-state index in [1.54, 1.807) is 6.92 Å². The maximum Gasteiger partial charge on any atom is 0.409 e. The van der Waals surface area contributed by atoms with Crippen LogP contribution in [0, 0.1) is 0 Å². The first-order valence-corrected chi connectivity index (χ1v) is 8.67. The molecule has 1 aromatic rings. The van der Waals surface area contributed by atoms with E-state index in [0.717, 1.165) is 5.56 Å². The van der Waals surface area contributed by atoms with Crippen molar-refractivity contribution in [2.45, 2.75) is 13.5 Å². The molecule has 0 spiro atoms. The topological polar surface area (TPSA) is 79.0 Å². The van der Waals surface area contributed by atoms with Crippen LogP contribution in [0.2, 0.25) is 0 Å². The smallest absolute Gasteiger partial charge is 0.409 e. The number of piperazine rings is 1. The molecule has 0 unspecified atom stereocenters. The van der Waals surface area contributed by atoms with Crippen molar-refractivity contribution >= 4 is 16.3 Å². The van der Waals surface area contributed by atoms with Gasteiger partial charge in [0.2, 0.25) is 0 Å². The van der Waals surface area contributed by atoms with Gasteiger partial charge in [-0.3, -0.25) is 0 Å². The zero-order chi connectivity index (χ0) is 16.0. The molecule has 1 fully saturated rings. The lowest BCUT2D eigenvalue weighted by Crippen LogP contribution is -2.53. The summed E-state index contributed by atoms with van der Waals surface area (Å²) in [5, 5.41) is 0. The number of ether oxygens (including phenoxy) is 1. The molecule has 1 saturated heterocycles. The van der Waals surface area contributed by atoms with Crippen LogP contribution >= 0.6 is 0 Å². The van der Waals surface area contributed by atoms with Gasteiger partial charge in [0.15, 0.2) is 0 Å². The molecule has 0 radical (unpaired) electrons. The Morgan fingerprint density at radius 1 is 1.18 bits per heavy atom. The summed E-state index contributed by atoms with van der Waals surface area (Å²) < 4.78 is 33.3. The van der Waals surface area contributed by atoms with Gasteiger partial charge in [0.05, 0.1) is 6.61 Å². The van der Waals surface area contributed by atoms with E-state index in [1.807, 2.05) is 30.3 Å². The first kappa shape index (κ1) is 16.7. The van der Waals surface area contributed by atoms with Crippen LogP contribution in [0.15, 0.2) is 30.3 Å². The molecule has 0 atom stereocenters. The summed E-state index contributed by atoms with van der Waals surface area (Å²) in [7, 11) is -3.54. The SMILES string of the molecule is CCOC(=O)N1CCN(S(=O)(=O)NCc2ccccc2)CC1. The molecule has 1 N–H and O–H groups in total. The molecular weight excluding hydrogens is 306 g/mol. The van der Waals surface area contributed by atoms with Crippen LogP contribution in [0.5, 0.6) is 0 Å². The molecule has 1 aromatic carbocycles. The highest BCUT2D eigenvalue weighted by molar-refractivity contribution is 7.87. The quantitative estimate of drug-likeness (QED) is 0.867. The van der Waals surface area contributed by atoms with E-state index in [1.165, 1.54) is 9.21 Å². The highest BCUT2D eigenvalue weighted by Crippen LogP contribution is 2.08. The number of amides is 1. The second-order valence-electron chi connectivity index (χ2n) is 4.90. The summed E-state index contributed by atoms with van der Waals surface area (Å²) in [4.78, 5) is 13.1. The van der Waals surface area contributed by atoms with Crippen LogP contribution in [0.1, 0.15) is 12.5 Å². The Morgan fingerprint density at radius 2 is 1.82 bits per heavy atom. The van der Waals surface area contributed by atoms with Crippen LogP contribution in [0.3, 0.4) is 0 Å². The zero-order valence-corrected chi connectivity index (χ0v) is 13.4. The van der Waals surface area contributed by atoms with Crippen LogP contribution in [-0.4, -0.2) is 56.5 Å². The lowest BCUT2D eigenvalue weighted by atomic mass is 10.2. The predicted octanol–water partition coefficient (Wildman–Crippen LogP) is 0.795. The number of carbonyl (C=O) groups is 1. The van der Waals surface area contributed by atoms with Crippen molar-refractivity contribution in [3.05, 3.63) is 35.9 Å². The Kier molecular flexibility index (Phi) is 5.76. The molecule has 2 rings (SSSR count). The molecule has 1 heterocycles. The number of rotatable bonds is 5. The molecule has 1 amide bonds. The average molecular weight is 327 g/mol. The van der Waals surface area contributed by atoms with Crippen molar-refractivity contribution < 1.29 is 17.9 Å². The monoisotopic (exact) mass is 327 g/mol. The molecule has 8 heteroatoms. The van der Waals surface area contributed by atoms with Gasteiger partial charge in [0.25, 0.3) is 10.2 Å². The Balaban J connectivity index is 1.85. The second-order valence-corrected chi connectivity index (χ2v) is 6.65. The third kappa shape index (κ3) is 4.43. The summed E-state index contributed by atoms with van der Waals surface area (Å²) in [6.45, 7) is 3.52. The van der Waals surface area contributed by atoms with Crippen LogP contribution in [-0.2, 0) is 21.5 Å². The third-order valence-corrected chi connectivity index (χ3v) is 4.96. The molecule has 1 aliphatic rings. The fraction of sp³-hybridized carbons (Fsp3) is 0.500. The number of hydrogen-bond donors (Lipinski definition) is 1. The van der Waals surface area contributed by atoms with Gasteiger partial charge in [0.1, 0.15) is 0 Å². The van der Waals surface area contributed by atoms with Crippen molar-refractivity contribution in [1.82, 2.24) is 13.9 Å². The molecule has 22 heavy (non-hydrogen) atoms. The number of benzene rings is 1. The third-order valence-electron chi connectivity index (χ3n) is 3.41. The van der Waals surface area contributed by atoms with Gasteiger partial charge in [-0.05, 0) is 12.5 Å². The Bertz CT molecular complexity index is 583. The minimum absolute atomic E-state index is 0.251. The lowest BCUT2D eigenvalue weighted by molar-refractivity contribution is 0.0932. The normalized spacial score (nSPS) is 16.5. The number of nitrogens with zero attached hydrogens (tertiary/aromatic N) is 2. The first-order chi connectivity index (χ1) is 10.5. The molecule has 0 bridgehead atoms. The summed E-state index contributed by atoms with van der Waals surface area (Å²) in [6, 6.07) is 9.33. The fourth-order valence-electron chi connectivity index (χ4n) is 2.19. The van der Waals surface area contributed by atoms with E-state index in [2.05, 4.69) is 4.72 Å². The summed E-state index contributed by atoms with van der Waals surface area (Å²) >= 11 is 0. The van der Waals surface area contributed by atoms with E-state index in [4.69, 9.17) is 4.74 Å². The minimum Gasteiger partial charge on any atom is -0.450 e. The molecular formula is C14H21N3O4S. The summed E-state index contributed by atoms with van der Waals surface area (Å²) in [5.74, 6) is 0. The maximum absolute atomic E-state index is 12.2. The maximum atomic E-state index is 12.2. The molecule has 1 aliphatic heterocycles. The van der Waals surface area contributed by atoms with Crippen LogP contribution < -0.4 is 4.72 Å². The highest BCUT2D eigenvalue weighted by Gasteiger charge is 2.28. The Morgan fingerprint density at radius 3 is 2.41 bits per heavy atom. The van der Waals surface area contributed by atoms with Crippen molar-refractivity contribution in [3.63, 3.8) is 0 Å². The van der Waals surface area contributed by atoms with Crippen molar-refractivity contribution in [2.75, 3.05) is 32.8 Å². The molecule has 0 aromatic heterocycles. The number of nitrogens with one attached hydrogen (secondary N) is 1. The highest BCUT2D eigenvalue weighted by atomic mass is 32.2. The predicted molar refractivity (Wildman–Crippen MR) is 82.4 cm³/mol. The van der Waals surface area contributed by atoms with Gasteiger partial charge in [-0.1, -0.05) is 30.3 Å². The fourth-order valence-corrected chi connectivity index (χ4v) is 3.36. The lowest BCUT2D eigenvalue weighted by Gasteiger charge is -2.33.